The van der Waals surface area contributed by atoms with E-state index in [0.29, 0.717) is 5.75 Å². The van der Waals surface area contributed by atoms with Crippen LogP contribution in [0.5, 0.6) is 0 Å². The molecular weight excluding hydrogens is 430 g/mol. The average Bonchev–Trinajstić information content (AvgIpc) is 2.66. The van der Waals surface area contributed by atoms with Crippen LogP contribution in [0.15, 0.2) is 30.3 Å². The second kappa shape index (κ2) is 11.4. The highest BCUT2D eigenvalue weighted by Crippen LogP contribution is 2.54. The molecule has 2 atom stereocenters. The fraction of sp³-hybridized carbons (Fsp3) is 0.611. The Hall–Kier alpha value is -1.06. The molecule has 166 valence electrons. The number of carbonyl (C=O) groups excluding carboxylic acids is 1. The Balaban J connectivity index is 3.40. The van der Waals surface area contributed by atoms with Gasteiger partial charge in [-0.25, -0.2) is 0 Å². The number of amides is 1. The maximum Gasteiger partial charge on any atom is 0.430 e. The lowest BCUT2D eigenvalue weighted by Gasteiger charge is -2.35. The van der Waals surface area contributed by atoms with Crippen molar-refractivity contribution >= 4 is 25.3 Å². The summed E-state index contributed by atoms with van der Waals surface area (Å²) in [6.45, 7) is 3.18. The number of alkyl halides is 3. The minimum absolute atomic E-state index is 0.0102. The molecule has 1 amide bonds. The molecule has 0 fully saturated rings. The monoisotopic (exact) mass is 457 g/mol. The number of ether oxygens (including phenoxy) is 1. The van der Waals surface area contributed by atoms with Gasteiger partial charge in [-0.1, -0.05) is 30.3 Å². The fourth-order valence-corrected chi connectivity index (χ4v) is 5.31. The summed E-state index contributed by atoms with van der Waals surface area (Å²) in [5, 5.41) is 2.25. The zero-order chi connectivity index (χ0) is 22.1. The second-order valence-corrected chi connectivity index (χ2v) is 9.10. The summed E-state index contributed by atoms with van der Waals surface area (Å²) in [6, 6.07) is 6.57. The Labute approximate surface area is 173 Å². The van der Waals surface area contributed by atoms with Crippen LogP contribution in [-0.4, -0.2) is 50.2 Å². The zero-order valence-electron chi connectivity index (χ0n) is 16.8. The Morgan fingerprint density at radius 3 is 2.14 bits per heavy atom. The van der Waals surface area contributed by atoms with Crippen LogP contribution in [0.3, 0.4) is 0 Å². The minimum Gasteiger partial charge on any atom is -0.356 e. The molecule has 0 bridgehead atoms. The van der Waals surface area contributed by atoms with Gasteiger partial charge < -0.3 is 19.1 Å². The summed E-state index contributed by atoms with van der Waals surface area (Å²) in [7, 11) is -3.10. The topological polar surface area (TPSA) is 73.9 Å². The molecule has 11 heteroatoms. The second-order valence-electron chi connectivity index (χ2n) is 5.90. The van der Waals surface area contributed by atoms with E-state index >= 15 is 0 Å². The fourth-order valence-electron chi connectivity index (χ4n) is 2.79. The minimum atomic E-state index is -5.07. The summed E-state index contributed by atoms with van der Waals surface area (Å²) in [6.07, 6.45) is -3.20. The molecule has 0 saturated carbocycles. The zero-order valence-corrected chi connectivity index (χ0v) is 18.5. The van der Waals surface area contributed by atoms with E-state index in [1.165, 1.54) is 30.0 Å². The highest BCUT2D eigenvalue weighted by molar-refractivity contribution is 7.98. The van der Waals surface area contributed by atoms with Crippen molar-refractivity contribution in [1.82, 2.24) is 5.32 Å². The van der Waals surface area contributed by atoms with Crippen molar-refractivity contribution < 1.29 is 36.3 Å². The molecule has 0 unspecified atom stereocenters. The van der Waals surface area contributed by atoms with Gasteiger partial charge >= 0.3 is 13.8 Å². The molecule has 1 N–H and O–H groups in total. The maximum atomic E-state index is 14.1. The predicted molar refractivity (Wildman–Crippen MR) is 107 cm³/mol. The Kier molecular flexibility index (Phi) is 10.2. The summed E-state index contributed by atoms with van der Waals surface area (Å²) in [4.78, 5) is 13.0. The highest BCUT2D eigenvalue weighted by Gasteiger charge is 2.63. The summed E-state index contributed by atoms with van der Waals surface area (Å²) < 4.78 is 70.7. The smallest absolute Gasteiger partial charge is 0.356 e. The van der Waals surface area contributed by atoms with E-state index in [0.717, 1.165) is 19.2 Å². The number of thioether (sulfide) groups is 1. The molecule has 0 saturated heterocycles. The van der Waals surface area contributed by atoms with Gasteiger partial charge in [-0.15, -0.1) is 0 Å². The van der Waals surface area contributed by atoms with Crippen LogP contribution in [-0.2, 0) is 28.7 Å². The van der Waals surface area contributed by atoms with Crippen LogP contribution in [0, 0.1) is 0 Å². The van der Waals surface area contributed by atoms with Crippen LogP contribution in [0.4, 0.5) is 13.2 Å². The normalized spacial score (nSPS) is 15.6. The molecule has 0 aliphatic carbocycles. The van der Waals surface area contributed by atoms with E-state index in [1.807, 2.05) is 0 Å². The molecule has 1 aromatic rings. The van der Waals surface area contributed by atoms with E-state index in [4.69, 9.17) is 13.8 Å². The lowest BCUT2D eigenvalue weighted by molar-refractivity contribution is -0.266. The van der Waals surface area contributed by atoms with Crippen LogP contribution in [0.2, 0.25) is 0 Å². The number of rotatable bonds is 12. The van der Waals surface area contributed by atoms with Crippen molar-refractivity contribution in [3.05, 3.63) is 35.9 Å². The van der Waals surface area contributed by atoms with E-state index < -0.39 is 36.6 Å². The number of benzene rings is 1. The quantitative estimate of drug-likeness (QED) is 0.464. The van der Waals surface area contributed by atoms with Gasteiger partial charge in [0.15, 0.2) is 0 Å². The van der Waals surface area contributed by atoms with Gasteiger partial charge in [0.25, 0.3) is 11.5 Å². The van der Waals surface area contributed by atoms with Crippen LogP contribution in [0.1, 0.15) is 25.8 Å². The number of halogens is 3. The van der Waals surface area contributed by atoms with Crippen molar-refractivity contribution in [3.8, 4) is 0 Å². The van der Waals surface area contributed by atoms with Crippen LogP contribution in [0.25, 0.3) is 0 Å². The van der Waals surface area contributed by atoms with E-state index in [9.17, 15) is 22.5 Å². The van der Waals surface area contributed by atoms with Crippen molar-refractivity contribution in [2.75, 3.05) is 32.3 Å². The van der Waals surface area contributed by atoms with Crippen LogP contribution >= 0.6 is 19.4 Å². The third-order valence-corrected chi connectivity index (χ3v) is 7.13. The summed E-state index contributed by atoms with van der Waals surface area (Å²) in [5.74, 6) is -2.32. The van der Waals surface area contributed by atoms with E-state index in [1.54, 1.807) is 20.1 Å². The standard InChI is InChI=1S/C18H27F3NO5PS/c1-5-26-28(24,27-6-2)15(12-13-29-4)22-16(23)17(25-3,18(19,20)21)14-10-8-7-9-11-14/h7-11,15H,5-6,12-13H2,1-4H3,(H,22,23)/t15-,17-/m0/s1. The predicted octanol–water partition coefficient (Wildman–Crippen LogP) is 4.55. The van der Waals surface area contributed by atoms with Gasteiger partial charge in [0.1, 0.15) is 5.78 Å². The molecule has 0 heterocycles. The molecule has 0 aromatic heterocycles. The first kappa shape index (κ1) is 26.0. The van der Waals surface area contributed by atoms with E-state index in [2.05, 4.69) is 5.32 Å². The lowest BCUT2D eigenvalue weighted by atomic mass is 9.91. The van der Waals surface area contributed by atoms with Crippen molar-refractivity contribution in [1.29, 1.82) is 0 Å². The average molecular weight is 457 g/mol. The highest BCUT2D eigenvalue weighted by atomic mass is 32.2. The van der Waals surface area contributed by atoms with Gasteiger partial charge in [-0.3, -0.25) is 9.36 Å². The number of nitrogens with one attached hydrogen (secondary N) is 1. The van der Waals surface area contributed by atoms with Gasteiger partial charge in [-0.2, -0.15) is 24.9 Å². The number of hydrogen-bond acceptors (Lipinski definition) is 6. The molecule has 0 aliphatic heterocycles. The van der Waals surface area contributed by atoms with Crippen molar-refractivity contribution in [3.63, 3.8) is 0 Å². The molecule has 0 radical (unpaired) electrons. The summed E-state index contributed by atoms with van der Waals surface area (Å²) in [5.41, 5.74) is -3.66. The number of methoxy groups -OCH3 is 1. The molecule has 0 spiro atoms. The number of carbonyl (C=O) groups is 1. The first-order chi connectivity index (χ1) is 13.6. The number of hydrogen-bond donors (Lipinski definition) is 1. The third kappa shape index (κ3) is 5.98. The van der Waals surface area contributed by atoms with E-state index in [-0.39, 0.29) is 19.6 Å². The van der Waals surface area contributed by atoms with Gasteiger partial charge in [0.2, 0.25) is 0 Å². The first-order valence-electron chi connectivity index (χ1n) is 8.99. The maximum absolute atomic E-state index is 14.1. The summed E-state index contributed by atoms with van der Waals surface area (Å²) >= 11 is 1.39. The lowest BCUT2D eigenvalue weighted by Crippen LogP contribution is -2.57. The third-order valence-electron chi connectivity index (χ3n) is 4.10. The van der Waals surface area contributed by atoms with Crippen molar-refractivity contribution in [2.24, 2.45) is 0 Å². The molecule has 0 aliphatic rings. The Morgan fingerprint density at radius 1 is 1.17 bits per heavy atom. The molecule has 29 heavy (non-hydrogen) atoms. The largest absolute Gasteiger partial charge is 0.430 e. The Morgan fingerprint density at radius 2 is 1.72 bits per heavy atom. The van der Waals surface area contributed by atoms with Crippen molar-refractivity contribution in [2.45, 2.75) is 37.8 Å². The van der Waals surface area contributed by atoms with Gasteiger partial charge in [-0.05, 0) is 32.3 Å². The molecule has 1 aromatic carbocycles. The SMILES string of the molecule is CCOP(=O)(OCC)[C@@H](CCSC)NC(=O)[C@@](OC)(c1ccccc1)C(F)(F)F. The van der Waals surface area contributed by atoms with Gasteiger partial charge in [0.05, 0.1) is 13.2 Å². The molecule has 1 rings (SSSR count). The van der Waals surface area contributed by atoms with Crippen LogP contribution < -0.4 is 5.32 Å². The molecular formula is C18H27F3NO5PS. The first-order valence-corrected chi connectivity index (χ1v) is 12.0. The Bertz CT molecular complexity index is 682. The molecule has 6 nitrogen and oxygen atoms in total. The van der Waals surface area contributed by atoms with Gasteiger partial charge in [0, 0.05) is 12.7 Å².